The van der Waals surface area contributed by atoms with E-state index in [-0.39, 0.29) is 29.9 Å². The molecule has 2 aliphatic rings. The SMILES string of the molecule is CC(=O)N(C)C1CCN(C(C)C(=O)NC(=O)NC2CC2)CC1. The van der Waals surface area contributed by atoms with E-state index in [1.165, 1.54) is 0 Å². The fraction of sp³-hybridized carbons (Fsp3) is 0.800. The summed E-state index contributed by atoms with van der Waals surface area (Å²) in [5.74, 6) is -0.197. The summed E-state index contributed by atoms with van der Waals surface area (Å²) in [5.41, 5.74) is 0. The summed E-state index contributed by atoms with van der Waals surface area (Å²) in [6, 6.07) is -0.262. The van der Waals surface area contributed by atoms with E-state index in [9.17, 15) is 14.4 Å². The molecule has 4 amide bonds. The molecular weight excluding hydrogens is 284 g/mol. The number of amides is 4. The van der Waals surface area contributed by atoms with Crippen molar-refractivity contribution >= 4 is 17.8 Å². The quantitative estimate of drug-likeness (QED) is 0.783. The van der Waals surface area contributed by atoms with E-state index in [0.717, 1.165) is 38.8 Å². The highest BCUT2D eigenvalue weighted by molar-refractivity contribution is 5.97. The van der Waals surface area contributed by atoms with Gasteiger partial charge in [0, 0.05) is 39.1 Å². The van der Waals surface area contributed by atoms with Gasteiger partial charge in [-0.1, -0.05) is 0 Å². The third-order valence-electron chi connectivity index (χ3n) is 4.62. The van der Waals surface area contributed by atoms with Crippen LogP contribution in [-0.4, -0.2) is 65.9 Å². The molecule has 1 saturated heterocycles. The van der Waals surface area contributed by atoms with E-state index < -0.39 is 6.03 Å². The molecule has 2 fully saturated rings. The van der Waals surface area contributed by atoms with Crippen molar-refractivity contribution in [3.8, 4) is 0 Å². The lowest BCUT2D eigenvalue weighted by Gasteiger charge is -2.38. The van der Waals surface area contributed by atoms with Gasteiger partial charge in [-0.2, -0.15) is 0 Å². The van der Waals surface area contributed by atoms with Crippen LogP contribution in [0.25, 0.3) is 0 Å². The number of rotatable bonds is 4. The lowest BCUT2D eigenvalue weighted by atomic mass is 10.0. The molecule has 124 valence electrons. The van der Waals surface area contributed by atoms with E-state index in [0.29, 0.717) is 0 Å². The Hall–Kier alpha value is -1.63. The van der Waals surface area contributed by atoms with E-state index in [4.69, 9.17) is 0 Å². The molecule has 7 heteroatoms. The minimum atomic E-state index is -0.398. The second kappa shape index (κ2) is 7.09. The summed E-state index contributed by atoms with van der Waals surface area (Å²) in [6.45, 7) is 4.89. The van der Waals surface area contributed by atoms with Gasteiger partial charge in [-0.05, 0) is 32.6 Å². The van der Waals surface area contributed by atoms with Crippen LogP contribution in [0.4, 0.5) is 4.79 Å². The second-order valence-electron chi connectivity index (χ2n) is 6.31. The average molecular weight is 310 g/mol. The molecule has 0 aromatic rings. The predicted octanol–water partition coefficient (Wildman–Crippen LogP) is 0.306. The minimum Gasteiger partial charge on any atom is -0.343 e. The standard InChI is InChI=1S/C15H26N4O3/c1-10(14(21)17-15(22)16-12-4-5-12)19-8-6-13(7-9-19)18(3)11(2)20/h10,12-13H,4-9H2,1-3H3,(H2,16,17,21,22). The second-order valence-corrected chi connectivity index (χ2v) is 6.31. The summed E-state index contributed by atoms with van der Waals surface area (Å²) in [6.07, 6.45) is 3.69. The number of nitrogens with one attached hydrogen (secondary N) is 2. The third-order valence-corrected chi connectivity index (χ3v) is 4.62. The van der Waals surface area contributed by atoms with Crippen LogP contribution in [0, 0.1) is 0 Å². The van der Waals surface area contributed by atoms with Gasteiger partial charge in [0.15, 0.2) is 0 Å². The van der Waals surface area contributed by atoms with E-state index >= 15 is 0 Å². The summed E-state index contributed by atoms with van der Waals surface area (Å²) in [5, 5.41) is 5.15. The van der Waals surface area contributed by atoms with Gasteiger partial charge in [0.25, 0.3) is 0 Å². The number of carbonyl (C=O) groups excluding carboxylic acids is 3. The van der Waals surface area contributed by atoms with E-state index in [1.54, 1.807) is 11.8 Å². The van der Waals surface area contributed by atoms with Crippen molar-refractivity contribution in [1.82, 2.24) is 20.4 Å². The first-order valence-electron chi connectivity index (χ1n) is 7.97. The number of imide groups is 1. The monoisotopic (exact) mass is 310 g/mol. The molecule has 0 aromatic carbocycles. The van der Waals surface area contributed by atoms with Crippen LogP contribution in [0.2, 0.25) is 0 Å². The van der Waals surface area contributed by atoms with Crippen molar-refractivity contribution in [2.75, 3.05) is 20.1 Å². The Morgan fingerprint density at radius 3 is 2.23 bits per heavy atom. The number of carbonyl (C=O) groups is 3. The molecular formula is C15H26N4O3. The fourth-order valence-electron chi connectivity index (χ4n) is 2.75. The Bertz CT molecular complexity index is 442. The van der Waals surface area contributed by atoms with Crippen LogP contribution < -0.4 is 10.6 Å². The van der Waals surface area contributed by atoms with Crippen LogP contribution in [0.15, 0.2) is 0 Å². The molecule has 0 spiro atoms. The molecule has 0 aromatic heterocycles. The molecule has 2 rings (SSSR count). The van der Waals surface area contributed by atoms with Crippen LogP contribution in [0.1, 0.15) is 39.5 Å². The first kappa shape index (κ1) is 16.7. The predicted molar refractivity (Wildman–Crippen MR) is 82.2 cm³/mol. The van der Waals surface area contributed by atoms with Gasteiger partial charge < -0.3 is 10.2 Å². The summed E-state index contributed by atoms with van der Waals surface area (Å²) in [7, 11) is 1.82. The van der Waals surface area contributed by atoms with Gasteiger partial charge in [-0.15, -0.1) is 0 Å². The molecule has 0 radical (unpaired) electrons. The zero-order valence-corrected chi connectivity index (χ0v) is 13.6. The van der Waals surface area contributed by atoms with Gasteiger partial charge in [-0.25, -0.2) is 4.79 Å². The zero-order valence-electron chi connectivity index (χ0n) is 13.6. The highest BCUT2D eigenvalue weighted by Gasteiger charge is 2.30. The van der Waals surface area contributed by atoms with Crippen LogP contribution in [0.3, 0.4) is 0 Å². The summed E-state index contributed by atoms with van der Waals surface area (Å²) < 4.78 is 0. The first-order chi connectivity index (χ1) is 10.4. The third kappa shape index (κ3) is 4.43. The Kier molecular flexibility index (Phi) is 5.39. The molecule has 1 atom stereocenters. The number of hydrogen-bond acceptors (Lipinski definition) is 4. The Morgan fingerprint density at radius 2 is 1.73 bits per heavy atom. The highest BCUT2D eigenvalue weighted by atomic mass is 16.2. The molecule has 0 bridgehead atoms. The minimum absolute atomic E-state index is 0.0704. The number of likely N-dealkylation sites (tertiary alicyclic amines) is 1. The van der Waals surface area contributed by atoms with Crippen molar-refractivity contribution in [3.63, 3.8) is 0 Å². The average Bonchev–Trinajstić information content (AvgIpc) is 3.29. The molecule has 1 aliphatic carbocycles. The highest BCUT2D eigenvalue weighted by Crippen LogP contribution is 2.19. The van der Waals surface area contributed by atoms with Crippen molar-refractivity contribution < 1.29 is 14.4 Å². The Labute approximate surface area is 131 Å². The van der Waals surface area contributed by atoms with Crippen molar-refractivity contribution in [3.05, 3.63) is 0 Å². The molecule has 1 heterocycles. The van der Waals surface area contributed by atoms with Gasteiger partial charge in [0.05, 0.1) is 6.04 Å². The van der Waals surface area contributed by atoms with Gasteiger partial charge in [0.1, 0.15) is 0 Å². The molecule has 1 saturated carbocycles. The smallest absolute Gasteiger partial charge is 0.321 e. The zero-order chi connectivity index (χ0) is 16.3. The number of urea groups is 1. The largest absolute Gasteiger partial charge is 0.343 e. The Morgan fingerprint density at radius 1 is 1.14 bits per heavy atom. The number of nitrogens with zero attached hydrogens (tertiary/aromatic N) is 2. The lowest BCUT2D eigenvalue weighted by molar-refractivity contribution is -0.131. The van der Waals surface area contributed by atoms with E-state index in [1.807, 2.05) is 14.0 Å². The summed E-state index contributed by atoms with van der Waals surface area (Å²) >= 11 is 0. The summed E-state index contributed by atoms with van der Waals surface area (Å²) in [4.78, 5) is 38.9. The van der Waals surface area contributed by atoms with Crippen LogP contribution in [-0.2, 0) is 9.59 Å². The molecule has 22 heavy (non-hydrogen) atoms. The van der Waals surface area contributed by atoms with Crippen molar-refractivity contribution in [1.29, 1.82) is 0 Å². The van der Waals surface area contributed by atoms with E-state index in [2.05, 4.69) is 15.5 Å². The molecule has 7 nitrogen and oxygen atoms in total. The molecule has 2 N–H and O–H groups in total. The first-order valence-corrected chi connectivity index (χ1v) is 7.97. The Balaban J connectivity index is 1.75. The fourth-order valence-corrected chi connectivity index (χ4v) is 2.75. The number of hydrogen-bond donors (Lipinski definition) is 2. The van der Waals surface area contributed by atoms with Crippen LogP contribution in [0.5, 0.6) is 0 Å². The maximum Gasteiger partial charge on any atom is 0.321 e. The van der Waals surface area contributed by atoms with Crippen molar-refractivity contribution in [2.45, 2.75) is 57.7 Å². The van der Waals surface area contributed by atoms with Crippen LogP contribution >= 0.6 is 0 Å². The molecule has 1 unspecified atom stereocenters. The van der Waals surface area contributed by atoms with Gasteiger partial charge in [-0.3, -0.25) is 19.8 Å². The maximum absolute atomic E-state index is 12.1. The number of piperidine rings is 1. The molecule has 1 aliphatic heterocycles. The topological polar surface area (TPSA) is 81.8 Å². The van der Waals surface area contributed by atoms with Gasteiger partial charge in [0.2, 0.25) is 11.8 Å². The van der Waals surface area contributed by atoms with Gasteiger partial charge >= 0.3 is 6.03 Å². The lowest BCUT2D eigenvalue weighted by Crippen LogP contribution is -2.53. The maximum atomic E-state index is 12.1. The normalized spacial score (nSPS) is 21.0. The van der Waals surface area contributed by atoms with Crippen molar-refractivity contribution in [2.24, 2.45) is 0 Å².